The van der Waals surface area contributed by atoms with Crippen LogP contribution < -0.4 is 0 Å². The summed E-state index contributed by atoms with van der Waals surface area (Å²) in [5, 5.41) is 9.04. The van der Waals surface area contributed by atoms with Gasteiger partial charge in [0.25, 0.3) is 0 Å². The highest BCUT2D eigenvalue weighted by molar-refractivity contribution is 5.80. The highest BCUT2D eigenvalue weighted by atomic mass is 16.5. The molecule has 0 bridgehead atoms. The molecule has 0 unspecified atom stereocenters. The Morgan fingerprint density at radius 2 is 2.00 bits per heavy atom. The summed E-state index contributed by atoms with van der Waals surface area (Å²) in [7, 11) is 0. The summed E-state index contributed by atoms with van der Waals surface area (Å²) >= 11 is 0. The minimum absolute atomic E-state index is 0.0247. The number of aliphatic carboxylic acids is 1. The molecule has 1 aliphatic carbocycles. The lowest BCUT2D eigenvalue weighted by Gasteiger charge is -2.35. The summed E-state index contributed by atoms with van der Waals surface area (Å²) in [6.07, 6.45) is 6.40. The molecule has 0 radical (unpaired) electrons. The zero-order valence-corrected chi connectivity index (χ0v) is 15.1. The molecule has 0 fully saturated rings. The van der Waals surface area contributed by atoms with E-state index in [-0.39, 0.29) is 10.8 Å². The normalized spacial score (nSPS) is 19.3. The first-order valence-electron chi connectivity index (χ1n) is 8.27. The molecule has 0 aromatic heterocycles. The fourth-order valence-corrected chi connectivity index (χ4v) is 3.11. The number of hydrogen-bond acceptors (Lipinski definition) is 2. The van der Waals surface area contributed by atoms with Gasteiger partial charge in [0.2, 0.25) is 0 Å². The van der Waals surface area contributed by atoms with Gasteiger partial charge >= 0.3 is 5.97 Å². The van der Waals surface area contributed by atoms with Crippen LogP contribution in [-0.4, -0.2) is 17.7 Å². The van der Waals surface area contributed by atoms with Gasteiger partial charge in [-0.1, -0.05) is 45.8 Å². The van der Waals surface area contributed by atoms with Gasteiger partial charge in [-0.15, -0.1) is 0 Å². The van der Waals surface area contributed by atoms with Crippen molar-refractivity contribution in [2.45, 2.75) is 73.6 Å². The van der Waals surface area contributed by atoms with Crippen LogP contribution in [0.5, 0.6) is 0 Å². The van der Waals surface area contributed by atoms with E-state index >= 15 is 0 Å². The van der Waals surface area contributed by atoms with Crippen LogP contribution >= 0.6 is 0 Å². The van der Waals surface area contributed by atoms with Crippen molar-refractivity contribution in [1.29, 1.82) is 0 Å². The predicted octanol–water partition coefficient (Wildman–Crippen LogP) is 5.32. The maximum Gasteiger partial charge on any atom is 0.331 e. The van der Waals surface area contributed by atoms with Crippen molar-refractivity contribution in [3.63, 3.8) is 0 Å². The Hall–Kier alpha value is -1.25. The number of rotatable bonds is 6. The molecular weight excluding hydrogens is 276 g/mol. The van der Waals surface area contributed by atoms with Gasteiger partial charge in [-0.05, 0) is 43.4 Å². The molecule has 3 heteroatoms. The minimum Gasteiger partial charge on any atom is -0.497 e. The molecule has 0 spiro atoms. The van der Waals surface area contributed by atoms with Gasteiger partial charge in [-0.25, -0.2) is 4.79 Å². The van der Waals surface area contributed by atoms with Crippen LogP contribution in [0.1, 0.15) is 73.6 Å². The molecule has 0 heterocycles. The molecule has 126 valence electrons. The fraction of sp³-hybridized carbons (Fsp3) is 0.737. The second-order valence-electron chi connectivity index (χ2n) is 8.29. The van der Waals surface area contributed by atoms with Crippen LogP contribution in [-0.2, 0) is 9.53 Å². The van der Waals surface area contributed by atoms with E-state index in [1.54, 1.807) is 0 Å². The molecule has 1 aliphatic rings. The van der Waals surface area contributed by atoms with Crippen molar-refractivity contribution in [3.05, 3.63) is 23.0 Å². The summed E-state index contributed by atoms with van der Waals surface area (Å²) in [5.41, 5.74) is 3.20. The lowest BCUT2D eigenvalue weighted by atomic mass is 9.71. The van der Waals surface area contributed by atoms with E-state index in [1.807, 2.05) is 0 Å². The third-order valence-corrected chi connectivity index (χ3v) is 4.28. The molecule has 0 aromatic rings. The van der Waals surface area contributed by atoms with Gasteiger partial charge in [-0.3, -0.25) is 0 Å². The second-order valence-corrected chi connectivity index (χ2v) is 8.29. The number of ether oxygens (including phenoxy) is 1. The first kappa shape index (κ1) is 18.8. The Kier molecular flexibility index (Phi) is 6.27. The molecule has 1 N–H and O–H groups in total. The molecule has 0 saturated carbocycles. The number of carbonyl (C=O) groups is 1. The first-order valence-corrected chi connectivity index (χ1v) is 8.27. The highest BCUT2D eigenvalue weighted by Gasteiger charge is 2.28. The Morgan fingerprint density at radius 3 is 2.50 bits per heavy atom. The monoisotopic (exact) mass is 308 g/mol. The molecule has 0 aromatic carbocycles. The Bertz CT molecular complexity index is 462. The largest absolute Gasteiger partial charge is 0.497 e. The lowest BCUT2D eigenvalue weighted by Crippen LogP contribution is -2.21. The molecule has 3 nitrogen and oxygen atoms in total. The maximum absolute atomic E-state index is 11.0. The Labute approximate surface area is 135 Å². The van der Waals surface area contributed by atoms with Crippen molar-refractivity contribution in [2.24, 2.45) is 10.8 Å². The third kappa shape index (κ3) is 6.25. The summed E-state index contributed by atoms with van der Waals surface area (Å²) in [5.74, 6) is -0.346. The van der Waals surface area contributed by atoms with Crippen LogP contribution in [0.3, 0.4) is 0 Å². The van der Waals surface area contributed by atoms with Gasteiger partial charge in [-0.2, -0.15) is 0 Å². The SMILES string of the molecule is CC1=C(CCC(=CC(=O)O)OCC(C)(C)C)C(C)(C)CCC1. The zero-order chi connectivity index (χ0) is 17.0. The maximum atomic E-state index is 11.0. The fourth-order valence-electron chi connectivity index (χ4n) is 3.11. The average Bonchev–Trinajstić information content (AvgIpc) is 2.32. The van der Waals surface area contributed by atoms with Crippen LogP contribution in [0.25, 0.3) is 0 Å². The number of carboxylic acids is 1. The van der Waals surface area contributed by atoms with Crippen molar-refractivity contribution < 1.29 is 14.6 Å². The standard InChI is InChI=1S/C19H32O3/c1-14-8-7-11-19(5,6)16(14)10-9-15(12-17(20)21)22-13-18(2,3)4/h12H,7-11,13H2,1-6H3,(H,20,21). The molecule has 1 rings (SSSR count). The van der Waals surface area contributed by atoms with E-state index in [0.29, 0.717) is 18.8 Å². The van der Waals surface area contributed by atoms with Gasteiger partial charge in [0.05, 0.1) is 12.7 Å². The molecule has 22 heavy (non-hydrogen) atoms. The van der Waals surface area contributed by atoms with Crippen molar-refractivity contribution in [1.82, 2.24) is 0 Å². The summed E-state index contributed by atoms with van der Waals surface area (Å²) < 4.78 is 5.77. The van der Waals surface area contributed by atoms with Crippen molar-refractivity contribution in [3.8, 4) is 0 Å². The topological polar surface area (TPSA) is 46.5 Å². The van der Waals surface area contributed by atoms with E-state index in [2.05, 4.69) is 41.5 Å². The molecule has 0 saturated heterocycles. The smallest absolute Gasteiger partial charge is 0.331 e. The van der Waals surface area contributed by atoms with Gasteiger partial charge < -0.3 is 9.84 Å². The predicted molar refractivity (Wildman–Crippen MR) is 90.7 cm³/mol. The van der Waals surface area contributed by atoms with Crippen molar-refractivity contribution >= 4 is 5.97 Å². The van der Waals surface area contributed by atoms with Crippen LogP contribution in [0.2, 0.25) is 0 Å². The van der Waals surface area contributed by atoms with E-state index in [1.165, 1.54) is 36.5 Å². The number of carboxylic acid groups (broad SMARTS) is 1. The zero-order valence-electron chi connectivity index (χ0n) is 15.1. The molecule has 0 amide bonds. The van der Waals surface area contributed by atoms with E-state index in [0.717, 1.165) is 6.42 Å². The number of allylic oxidation sites excluding steroid dienone is 3. The van der Waals surface area contributed by atoms with E-state index in [9.17, 15) is 4.79 Å². The van der Waals surface area contributed by atoms with E-state index in [4.69, 9.17) is 9.84 Å². The minimum atomic E-state index is -0.933. The second kappa shape index (κ2) is 7.34. The van der Waals surface area contributed by atoms with E-state index < -0.39 is 5.97 Å². The first-order chi connectivity index (χ1) is 10.0. The van der Waals surface area contributed by atoms with Gasteiger partial charge in [0, 0.05) is 6.42 Å². The average molecular weight is 308 g/mol. The third-order valence-electron chi connectivity index (χ3n) is 4.28. The summed E-state index contributed by atoms with van der Waals surface area (Å²) in [6.45, 7) is 13.6. The van der Waals surface area contributed by atoms with Crippen molar-refractivity contribution in [2.75, 3.05) is 6.61 Å². The Balaban J connectivity index is 2.77. The van der Waals surface area contributed by atoms with Crippen LogP contribution in [0.15, 0.2) is 23.0 Å². The molecular formula is C19H32O3. The number of hydrogen-bond donors (Lipinski definition) is 1. The molecule has 0 aliphatic heterocycles. The van der Waals surface area contributed by atoms with Gasteiger partial charge in [0.1, 0.15) is 5.76 Å². The summed E-state index contributed by atoms with van der Waals surface area (Å²) in [4.78, 5) is 11.0. The molecule has 0 atom stereocenters. The summed E-state index contributed by atoms with van der Waals surface area (Å²) in [6, 6.07) is 0. The quantitative estimate of drug-likeness (QED) is 0.410. The van der Waals surface area contributed by atoms with Crippen LogP contribution in [0, 0.1) is 10.8 Å². The van der Waals surface area contributed by atoms with Gasteiger partial charge in [0.15, 0.2) is 0 Å². The van der Waals surface area contributed by atoms with Crippen LogP contribution in [0.4, 0.5) is 0 Å². The Morgan fingerprint density at radius 1 is 1.36 bits per heavy atom. The lowest BCUT2D eigenvalue weighted by molar-refractivity contribution is -0.131. The highest BCUT2D eigenvalue weighted by Crippen LogP contribution is 2.42.